The number of fused-ring (bicyclic) bond motifs is 1. The Morgan fingerprint density at radius 2 is 1.94 bits per heavy atom. The van der Waals surface area contributed by atoms with E-state index in [1.807, 2.05) is 20.8 Å². The first-order valence-corrected chi connectivity index (χ1v) is 6.50. The lowest BCUT2D eigenvalue weighted by Crippen LogP contribution is -2.41. The molecule has 1 unspecified atom stereocenters. The molecule has 0 radical (unpaired) electrons. The fourth-order valence-corrected chi connectivity index (χ4v) is 2.30. The van der Waals surface area contributed by atoms with E-state index in [9.17, 15) is 4.79 Å². The van der Waals surface area contributed by atoms with Crippen LogP contribution in [0.5, 0.6) is 0 Å². The van der Waals surface area contributed by atoms with Crippen molar-refractivity contribution >= 4 is 6.09 Å². The van der Waals surface area contributed by atoms with Crippen molar-refractivity contribution in [2.45, 2.75) is 51.7 Å². The molecule has 1 aromatic carbocycles. The third-order valence-electron chi connectivity index (χ3n) is 3.07. The van der Waals surface area contributed by atoms with E-state index in [2.05, 4.69) is 29.6 Å². The van der Waals surface area contributed by atoms with E-state index >= 15 is 0 Å². The van der Waals surface area contributed by atoms with Crippen LogP contribution in [0.15, 0.2) is 24.3 Å². The summed E-state index contributed by atoms with van der Waals surface area (Å²) >= 11 is 0. The van der Waals surface area contributed by atoms with Crippen molar-refractivity contribution in [2.75, 3.05) is 0 Å². The summed E-state index contributed by atoms with van der Waals surface area (Å²) in [6, 6.07) is 8.61. The van der Waals surface area contributed by atoms with Crippen LogP contribution in [-0.4, -0.2) is 17.7 Å². The van der Waals surface area contributed by atoms with Gasteiger partial charge in [-0.1, -0.05) is 24.3 Å². The zero-order valence-electron chi connectivity index (χ0n) is 11.3. The van der Waals surface area contributed by atoms with Gasteiger partial charge in [0.1, 0.15) is 5.60 Å². The predicted molar refractivity (Wildman–Crippen MR) is 71.6 cm³/mol. The van der Waals surface area contributed by atoms with Crippen LogP contribution in [0.4, 0.5) is 4.79 Å². The summed E-state index contributed by atoms with van der Waals surface area (Å²) in [6.45, 7) is 5.63. The Hall–Kier alpha value is -1.51. The average Bonchev–Trinajstić information content (AvgIpc) is 2.26. The summed E-state index contributed by atoms with van der Waals surface area (Å²) in [5, 5.41) is 2.96. The van der Waals surface area contributed by atoms with Crippen LogP contribution in [0, 0.1) is 0 Å². The number of alkyl carbamates (subject to hydrolysis) is 1. The first-order chi connectivity index (χ1) is 8.44. The second-order valence-electron chi connectivity index (χ2n) is 5.85. The van der Waals surface area contributed by atoms with Crippen LogP contribution in [0.25, 0.3) is 0 Å². The lowest BCUT2D eigenvalue weighted by Gasteiger charge is -2.27. The maximum Gasteiger partial charge on any atom is 0.407 e. The molecule has 18 heavy (non-hydrogen) atoms. The van der Waals surface area contributed by atoms with E-state index in [0.29, 0.717) is 0 Å². The molecule has 1 amide bonds. The number of benzene rings is 1. The number of nitrogens with one attached hydrogen (secondary N) is 1. The second kappa shape index (κ2) is 5.01. The van der Waals surface area contributed by atoms with Gasteiger partial charge in [0.2, 0.25) is 0 Å². The van der Waals surface area contributed by atoms with Crippen LogP contribution >= 0.6 is 0 Å². The fourth-order valence-electron chi connectivity index (χ4n) is 2.30. The van der Waals surface area contributed by atoms with E-state index in [-0.39, 0.29) is 12.1 Å². The van der Waals surface area contributed by atoms with Crippen LogP contribution in [0.1, 0.15) is 38.3 Å². The predicted octanol–water partition coefficient (Wildman–Crippen LogP) is 3.07. The molecule has 0 aliphatic heterocycles. The lowest BCUT2D eigenvalue weighted by atomic mass is 9.88. The van der Waals surface area contributed by atoms with Crippen LogP contribution in [-0.2, 0) is 17.6 Å². The Balaban J connectivity index is 1.92. The highest BCUT2D eigenvalue weighted by molar-refractivity contribution is 5.68. The summed E-state index contributed by atoms with van der Waals surface area (Å²) < 4.78 is 5.28. The van der Waals surface area contributed by atoms with Gasteiger partial charge in [-0.2, -0.15) is 0 Å². The quantitative estimate of drug-likeness (QED) is 0.828. The van der Waals surface area contributed by atoms with Crippen molar-refractivity contribution in [3.8, 4) is 0 Å². The molecular weight excluding hydrogens is 226 g/mol. The Kier molecular flexibility index (Phi) is 3.60. The monoisotopic (exact) mass is 247 g/mol. The summed E-state index contributed by atoms with van der Waals surface area (Å²) in [5.41, 5.74) is 2.31. The molecule has 1 aliphatic carbocycles. The van der Waals surface area contributed by atoms with Crippen molar-refractivity contribution in [2.24, 2.45) is 0 Å². The van der Waals surface area contributed by atoms with Crippen molar-refractivity contribution in [3.05, 3.63) is 35.4 Å². The van der Waals surface area contributed by atoms with Crippen molar-refractivity contribution in [3.63, 3.8) is 0 Å². The van der Waals surface area contributed by atoms with Gasteiger partial charge in [-0.25, -0.2) is 4.79 Å². The standard InChI is InChI=1S/C15H21NO2/c1-15(2,3)18-14(17)16-13-9-8-11-6-4-5-7-12(11)10-13/h4-7,13H,8-10H2,1-3H3,(H,16,17). The molecule has 0 saturated heterocycles. The van der Waals surface area contributed by atoms with Gasteiger partial charge in [0.25, 0.3) is 0 Å². The highest BCUT2D eigenvalue weighted by Gasteiger charge is 2.22. The Bertz CT molecular complexity index is 434. The van der Waals surface area contributed by atoms with Gasteiger partial charge in [0.05, 0.1) is 0 Å². The number of hydrogen-bond donors (Lipinski definition) is 1. The number of ether oxygens (including phenoxy) is 1. The molecule has 3 nitrogen and oxygen atoms in total. The third kappa shape index (κ3) is 3.49. The van der Waals surface area contributed by atoms with Crippen molar-refractivity contribution in [1.29, 1.82) is 0 Å². The molecule has 0 bridgehead atoms. The SMILES string of the molecule is CC(C)(C)OC(=O)NC1CCc2ccccc2C1. The highest BCUT2D eigenvalue weighted by Crippen LogP contribution is 2.21. The zero-order valence-corrected chi connectivity index (χ0v) is 11.3. The molecule has 98 valence electrons. The Morgan fingerprint density at radius 3 is 2.61 bits per heavy atom. The van der Waals surface area contributed by atoms with Gasteiger partial charge >= 0.3 is 6.09 Å². The number of aryl methyl sites for hydroxylation is 1. The van der Waals surface area contributed by atoms with E-state index in [4.69, 9.17) is 4.74 Å². The van der Waals surface area contributed by atoms with E-state index in [1.54, 1.807) is 0 Å². The topological polar surface area (TPSA) is 38.3 Å². The molecule has 1 atom stereocenters. The number of rotatable bonds is 1. The minimum atomic E-state index is -0.434. The maximum absolute atomic E-state index is 11.7. The summed E-state index contributed by atoms with van der Waals surface area (Å²) in [4.78, 5) is 11.7. The van der Waals surface area contributed by atoms with E-state index in [0.717, 1.165) is 19.3 Å². The molecule has 0 saturated carbocycles. The third-order valence-corrected chi connectivity index (χ3v) is 3.07. The van der Waals surface area contributed by atoms with Gasteiger partial charge in [-0.15, -0.1) is 0 Å². The van der Waals surface area contributed by atoms with E-state index in [1.165, 1.54) is 11.1 Å². The lowest BCUT2D eigenvalue weighted by molar-refractivity contribution is 0.0500. The van der Waals surface area contributed by atoms with Gasteiger partial charge in [-0.3, -0.25) is 0 Å². The van der Waals surface area contributed by atoms with Crippen LogP contribution < -0.4 is 5.32 Å². The molecule has 0 heterocycles. The first-order valence-electron chi connectivity index (χ1n) is 6.50. The van der Waals surface area contributed by atoms with Gasteiger partial charge in [0.15, 0.2) is 0 Å². The number of carbonyl (C=O) groups is 1. The van der Waals surface area contributed by atoms with Crippen LogP contribution in [0.2, 0.25) is 0 Å². The number of amides is 1. The largest absolute Gasteiger partial charge is 0.444 e. The Labute approximate surface area is 109 Å². The number of carbonyl (C=O) groups excluding carboxylic acids is 1. The minimum absolute atomic E-state index is 0.190. The first kappa shape index (κ1) is 12.9. The molecular formula is C15H21NO2. The summed E-state index contributed by atoms with van der Waals surface area (Å²) in [6.07, 6.45) is 2.59. The molecule has 3 heteroatoms. The molecule has 1 aliphatic rings. The molecule has 1 N–H and O–H groups in total. The van der Waals surface area contributed by atoms with Gasteiger partial charge < -0.3 is 10.1 Å². The smallest absolute Gasteiger partial charge is 0.407 e. The highest BCUT2D eigenvalue weighted by atomic mass is 16.6. The van der Waals surface area contributed by atoms with Gasteiger partial charge in [0, 0.05) is 6.04 Å². The average molecular weight is 247 g/mol. The minimum Gasteiger partial charge on any atom is -0.444 e. The van der Waals surface area contributed by atoms with E-state index < -0.39 is 5.60 Å². The summed E-state index contributed by atoms with van der Waals surface area (Å²) in [7, 11) is 0. The Morgan fingerprint density at radius 1 is 1.28 bits per heavy atom. The van der Waals surface area contributed by atoms with Crippen LogP contribution in [0.3, 0.4) is 0 Å². The fraction of sp³-hybridized carbons (Fsp3) is 0.533. The maximum atomic E-state index is 11.7. The van der Waals surface area contributed by atoms with Crippen molar-refractivity contribution in [1.82, 2.24) is 5.32 Å². The second-order valence-corrected chi connectivity index (χ2v) is 5.85. The van der Waals surface area contributed by atoms with Crippen molar-refractivity contribution < 1.29 is 9.53 Å². The molecule has 1 aromatic rings. The molecule has 2 rings (SSSR count). The summed E-state index contributed by atoms with van der Waals surface area (Å²) in [5.74, 6) is 0. The molecule has 0 spiro atoms. The molecule has 0 aromatic heterocycles. The zero-order chi connectivity index (χ0) is 13.2. The normalized spacial score (nSPS) is 18.9. The number of hydrogen-bond acceptors (Lipinski definition) is 2. The van der Waals surface area contributed by atoms with Gasteiger partial charge in [-0.05, 0) is 51.2 Å². The molecule has 0 fully saturated rings.